The minimum absolute atomic E-state index is 0.0785. The second-order valence-corrected chi connectivity index (χ2v) is 7.81. The van der Waals surface area contributed by atoms with Crippen LogP contribution in [0.25, 0.3) is 11.1 Å². The normalized spacial score (nSPS) is 14.1. The number of amides is 1. The fraction of sp³-hybridized carbons (Fsp3) is 0.375. The number of carboxylic acid groups (broad SMARTS) is 1. The van der Waals surface area contributed by atoms with Crippen LogP contribution in [0.3, 0.4) is 0 Å². The first-order valence-corrected chi connectivity index (χ1v) is 10.2. The molecule has 2 N–H and O–H groups in total. The summed E-state index contributed by atoms with van der Waals surface area (Å²) < 4.78 is 5.47. The summed E-state index contributed by atoms with van der Waals surface area (Å²) in [6.07, 6.45) is 2.05. The van der Waals surface area contributed by atoms with Gasteiger partial charge < -0.3 is 15.2 Å². The van der Waals surface area contributed by atoms with Crippen molar-refractivity contribution in [2.75, 3.05) is 6.61 Å². The highest BCUT2D eigenvalue weighted by Crippen LogP contribution is 2.44. The predicted octanol–water partition coefficient (Wildman–Crippen LogP) is 4.84. The number of nitriles is 1. The fourth-order valence-electron chi connectivity index (χ4n) is 3.94. The summed E-state index contributed by atoms with van der Waals surface area (Å²) in [5.74, 6) is -1.18. The lowest BCUT2D eigenvalue weighted by Crippen LogP contribution is -2.52. The Morgan fingerprint density at radius 3 is 2.23 bits per heavy atom. The molecule has 2 aromatic carbocycles. The van der Waals surface area contributed by atoms with Crippen LogP contribution < -0.4 is 5.32 Å². The van der Waals surface area contributed by atoms with Crippen LogP contribution in [0, 0.1) is 11.3 Å². The van der Waals surface area contributed by atoms with Crippen molar-refractivity contribution >= 4 is 12.1 Å². The van der Waals surface area contributed by atoms with Crippen LogP contribution in [0.5, 0.6) is 0 Å². The van der Waals surface area contributed by atoms with E-state index in [4.69, 9.17) is 10.00 Å². The molecule has 0 saturated carbocycles. The summed E-state index contributed by atoms with van der Waals surface area (Å²) in [5.41, 5.74) is 3.06. The molecule has 0 fully saturated rings. The number of hydrogen-bond acceptors (Lipinski definition) is 4. The molecule has 6 heteroatoms. The Bertz CT molecular complexity index is 920. The van der Waals surface area contributed by atoms with Crippen molar-refractivity contribution in [3.63, 3.8) is 0 Å². The van der Waals surface area contributed by atoms with E-state index in [1.54, 1.807) is 0 Å². The maximum atomic E-state index is 12.4. The molecule has 3 rings (SSSR count). The molecule has 30 heavy (non-hydrogen) atoms. The van der Waals surface area contributed by atoms with Crippen molar-refractivity contribution in [1.29, 1.82) is 5.26 Å². The van der Waals surface area contributed by atoms with Gasteiger partial charge in [0.25, 0.3) is 0 Å². The Kier molecular flexibility index (Phi) is 6.73. The first-order valence-electron chi connectivity index (χ1n) is 10.2. The molecule has 0 aliphatic heterocycles. The second kappa shape index (κ2) is 9.45. The standard InChI is InChI=1S/C24H26N2O4/c1-24(22(27)28,14-8-2-3-9-15-25)26-23(29)30-16-21-19-12-6-4-10-17(19)18-11-5-7-13-20(18)21/h4-7,10-13,21H,2-3,8-9,14,16H2,1H3,(H,26,29)(H,27,28). The molecule has 0 aromatic heterocycles. The molecular weight excluding hydrogens is 380 g/mol. The summed E-state index contributed by atoms with van der Waals surface area (Å²) in [7, 11) is 0. The lowest BCUT2D eigenvalue weighted by molar-refractivity contribution is -0.144. The average molecular weight is 406 g/mol. The average Bonchev–Trinajstić information content (AvgIpc) is 3.06. The number of hydrogen-bond donors (Lipinski definition) is 2. The summed E-state index contributed by atoms with van der Waals surface area (Å²) in [4.78, 5) is 24.2. The van der Waals surface area contributed by atoms with Gasteiger partial charge in [-0.15, -0.1) is 0 Å². The van der Waals surface area contributed by atoms with Crippen LogP contribution in [-0.4, -0.2) is 29.3 Å². The lowest BCUT2D eigenvalue weighted by Gasteiger charge is -2.26. The smallest absolute Gasteiger partial charge is 0.408 e. The molecule has 2 aromatic rings. The number of aliphatic carboxylic acids is 1. The van der Waals surface area contributed by atoms with Crippen molar-refractivity contribution in [3.05, 3.63) is 59.7 Å². The molecule has 0 saturated heterocycles. The molecule has 1 atom stereocenters. The zero-order chi connectivity index (χ0) is 21.6. The largest absolute Gasteiger partial charge is 0.480 e. The molecule has 0 spiro atoms. The van der Waals surface area contributed by atoms with E-state index in [0.29, 0.717) is 12.8 Å². The molecule has 1 aliphatic carbocycles. The van der Waals surface area contributed by atoms with Gasteiger partial charge in [-0.1, -0.05) is 61.4 Å². The zero-order valence-corrected chi connectivity index (χ0v) is 17.1. The minimum Gasteiger partial charge on any atom is -0.480 e. The van der Waals surface area contributed by atoms with Crippen molar-refractivity contribution < 1.29 is 19.4 Å². The number of carbonyl (C=O) groups excluding carboxylic acids is 1. The summed E-state index contributed by atoms with van der Waals surface area (Å²) >= 11 is 0. The zero-order valence-electron chi connectivity index (χ0n) is 17.1. The summed E-state index contributed by atoms with van der Waals surface area (Å²) in [5, 5.41) is 20.7. The van der Waals surface area contributed by atoms with Gasteiger partial charge in [0.2, 0.25) is 0 Å². The number of nitrogens with one attached hydrogen (secondary N) is 1. The Labute approximate surface area is 176 Å². The Hall–Kier alpha value is -3.33. The molecule has 0 bridgehead atoms. The van der Waals surface area contributed by atoms with Gasteiger partial charge in [-0.05, 0) is 42.0 Å². The Balaban J connectivity index is 1.62. The number of carbonyl (C=O) groups is 2. The highest BCUT2D eigenvalue weighted by Gasteiger charge is 2.35. The molecule has 0 heterocycles. The van der Waals surface area contributed by atoms with E-state index in [-0.39, 0.29) is 18.9 Å². The molecule has 156 valence electrons. The molecular formula is C24H26N2O4. The third-order valence-corrected chi connectivity index (χ3v) is 5.66. The van der Waals surface area contributed by atoms with Crippen molar-refractivity contribution in [1.82, 2.24) is 5.32 Å². The highest BCUT2D eigenvalue weighted by molar-refractivity contribution is 5.84. The van der Waals surface area contributed by atoms with Gasteiger partial charge in [-0.3, -0.25) is 0 Å². The van der Waals surface area contributed by atoms with E-state index in [1.807, 2.05) is 36.4 Å². The topological polar surface area (TPSA) is 99.4 Å². The number of alkyl carbamates (subject to hydrolysis) is 1. The predicted molar refractivity (Wildman–Crippen MR) is 113 cm³/mol. The van der Waals surface area contributed by atoms with Gasteiger partial charge in [0.05, 0.1) is 6.07 Å². The van der Waals surface area contributed by atoms with Gasteiger partial charge >= 0.3 is 12.1 Å². The van der Waals surface area contributed by atoms with Gasteiger partial charge in [0, 0.05) is 12.3 Å². The van der Waals surface area contributed by atoms with Gasteiger partial charge in [0.15, 0.2) is 0 Å². The molecule has 6 nitrogen and oxygen atoms in total. The number of rotatable bonds is 9. The quantitative estimate of drug-likeness (QED) is 0.580. The second-order valence-electron chi connectivity index (χ2n) is 7.81. The third kappa shape index (κ3) is 4.62. The van der Waals surface area contributed by atoms with E-state index < -0.39 is 17.6 Å². The summed E-state index contributed by atoms with van der Waals surface area (Å²) in [6, 6.07) is 18.2. The van der Waals surface area contributed by atoms with Gasteiger partial charge in [-0.2, -0.15) is 5.26 Å². The van der Waals surface area contributed by atoms with Crippen LogP contribution in [-0.2, 0) is 9.53 Å². The maximum absolute atomic E-state index is 12.4. The molecule has 0 radical (unpaired) electrons. The first kappa shape index (κ1) is 21.4. The number of benzene rings is 2. The number of carboxylic acids is 1. The number of fused-ring (bicyclic) bond motifs is 3. The summed E-state index contributed by atoms with van der Waals surface area (Å²) in [6.45, 7) is 1.62. The molecule has 1 amide bonds. The van der Waals surface area contributed by atoms with Crippen LogP contribution in [0.1, 0.15) is 56.1 Å². The van der Waals surface area contributed by atoms with E-state index in [0.717, 1.165) is 35.1 Å². The van der Waals surface area contributed by atoms with Crippen molar-refractivity contribution in [2.45, 2.75) is 50.5 Å². The van der Waals surface area contributed by atoms with Crippen molar-refractivity contribution in [2.24, 2.45) is 0 Å². The van der Waals surface area contributed by atoms with Crippen molar-refractivity contribution in [3.8, 4) is 17.2 Å². The van der Waals surface area contributed by atoms with Gasteiger partial charge in [0.1, 0.15) is 12.1 Å². The third-order valence-electron chi connectivity index (χ3n) is 5.66. The van der Waals surface area contributed by atoms with Crippen LogP contribution >= 0.6 is 0 Å². The van der Waals surface area contributed by atoms with E-state index >= 15 is 0 Å². The number of ether oxygens (including phenoxy) is 1. The van der Waals surface area contributed by atoms with E-state index in [1.165, 1.54) is 6.92 Å². The maximum Gasteiger partial charge on any atom is 0.408 e. The van der Waals surface area contributed by atoms with Crippen LogP contribution in [0.15, 0.2) is 48.5 Å². The lowest BCUT2D eigenvalue weighted by atomic mass is 9.94. The van der Waals surface area contributed by atoms with E-state index in [2.05, 4.69) is 23.5 Å². The highest BCUT2D eigenvalue weighted by atomic mass is 16.5. The molecule has 1 aliphatic rings. The SMILES string of the molecule is CC(CCCCCC#N)(NC(=O)OCC1c2ccccc2-c2ccccc21)C(=O)O. The fourth-order valence-corrected chi connectivity index (χ4v) is 3.94. The first-order chi connectivity index (χ1) is 14.5. The van der Waals surface area contributed by atoms with Crippen LogP contribution in [0.4, 0.5) is 4.79 Å². The number of unbranched alkanes of at least 4 members (excludes halogenated alkanes) is 3. The van der Waals surface area contributed by atoms with Gasteiger partial charge in [-0.25, -0.2) is 9.59 Å². The Morgan fingerprint density at radius 2 is 1.67 bits per heavy atom. The van der Waals surface area contributed by atoms with Crippen LogP contribution in [0.2, 0.25) is 0 Å². The molecule has 1 unspecified atom stereocenters. The minimum atomic E-state index is -1.41. The van der Waals surface area contributed by atoms with E-state index in [9.17, 15) is 14.7 Å². The monoisotopic (exact) mass is 406 g/mol. The number of nitrogens with zero attached hydrogens (tertiary/aromatic N) is 1. The Morgan fingerprint density at radius 1 is 1.07 bits per heavy atom.